The minimum absolute atomic E-state index is 0.00259. The van der Waals surface area contributed by atoms with E-state index in [1.807, 2.05) is 6.92 Å². The smallest absolute Gasteiger partial charge is 0.262 e. The molecule has 2 saturated carbocycles. The van der Waals surface area contributed by atoms with E-state index in [4.69, 9.17) is 0 Å². The Morgan fingerprint density at radius 1 is 1.05 bits per heavy atom. The number of nitrogens with zero attached hydrogens (tertiary/aromatic N) is 2. The zero-order valence-corrected chi connectivity index (χ0v) is 21.8. The van der Waals surface area contributed by atoms with Crippen LogP contribution in [-0.2, 0) is 9.59 Å². The van der Waals surface area contributed by atoms with Gasteiger partial charge in [0.25, 0.3) is 11.8 Å². The quantitative estimate of drug-likeness (QED) is 0.566. The highest BCUT2D eigenvalue weighted by Gasteiger charge is 2.52. The summed E-state index contributed by atoms with van der Waals surface area (Å²) in [6.45, 7) is 8.99. The van der Waals surface area contributed by atoms with Gasteiger partial charge in [0, 0.05) is 25.6 Å². The highest BCUT2D eigenvalue weighted by Crippen LogP contribution is 2.55. The van der Waals surface area contributed by atoms with E-state index >= 15 is 4.39 Å². The Bertz CT molecular complexity index is 1180. The molecule has 8 atom stereocenters. The largest absolute Gasteiger partial charge is 0.300 e. The van der Waals surface area contributed by atoms with E-state index in [9.17, 15) is 19.2 Å². The Labute approximate surface area is 217 Å². The fourth-order valence-electron chi connectivity index (χ4n) is 7.97. The molecule has 198 valence electrons. The lowest BCUT2D eigenvalue weighted by atomic mass is 9.91. The molecular weight excluding hydrogens is 473 g/mol. The van der Waals surface area contributed by atoms with Crippen molar-refractivity contribution in [3.8, 4) is 0 Å². The summed E-state index contributed by atoms with van der Waals surface area (Å²) in [5.41, 5.74) is 0.608. The van der Waals surface area contributed by atoms with Gasteiger partial charge < -0.3 is 0 Å². The number of nitrogens with one attached hydrogen (secondary N) is 1. The third kappa shape index (κ3) is 4.03. The van der Waals surface area contributed by atoms with Crippen LogP contribution in [0.2, 0.25) is 0 Å². The summed E-state index contributed by atoms with van der Waals surface area (Å²) in [6.07, 6.45) is 4.78. The van der Waals surface area contributed by atoms with Crippen molar-refractivity contribution in [2.75, 3.05) is 13.1 Å². The number of halogens is 1. The third-order valence-electron chi connectivity index (χ3n) is 10.1. The molecule has 3 aliphatic heterocycles. The summed E-state index contributed by atoms with van der Waals surface area (Å²) >= 11 is 0. The van der Waals surface area contributed by atoms with E-state index < -0.39 is 35.5 Å². The number of imide groups is 2. The zero-order valence-electron chi connectivity index (χ0n) is 21.8. The van der Waals surface area contributed by atoms with E-state index in [1.165, 1.54) is 25.5 Å². The van der Waals surface area contributed by atoms with Crippen LogP contribution in [0.4, 0.5) is 4.39 Å². The number of rotatable bonds is 7. The maximum Gasteiger partial charge on any atom is 0.262 e. The van der Waals surface area contributed by atoms with Gasteiger partial charge in [-0.05, 0) is 78.9 Å². The Kier molecular flexibility index (Phi) is 6.01. The van der Waals surface area contributed by atoms with Crippen molar-refractivity contribution in [3.05, 3.63) is 34.6 Å². The topological polar surface area (TPSA) is 86.8 Å². The fourth-order valence-corrected chi connectivity index (χ4v) is 7.97. The van der Waals surface area contributed by atoms with E-state index in [0.717, 1.165) is 48.2 Å². The molecule has 37 heavy (non-hydrogen) atoms. The molecule has 6 rings (SSSR count). The summed E-state index contributed by atoms with van der Waals surface area (Å²) in [6, 6.07) is 2.38. The monoisotopic (exact) mass is 509 g/mol. The highest BCUT2D eigenvalue weighted by atomic mass is 19.1. The molecule has 7 nitrogen and oxygen atoms in total. The van der Waals surface area contributed by atoms with Crippen LogP contribution in [0.25, 0.3) is 0 Å². The van der Waals surface area contributed by atoms with Crippen molar-refractivity contribution in [2.45, 2.75) is 77.3 Å². The first-order valence-corrected chi connectivity index (χ1v) is 14.0. The predicted octanol–water partition coefficient (Wildman–Crippen LogP) is 3.72. The molecule has 6 unspecified atom stereocenters. The van der Waals surface area contributed by atoms with E-state index in [2.05, 4.69) is 24.1 Å². The molecule has 0 aromatic heterocycles. The molecule has 2 saturated heterocycles. The summed E-state index contributed by atoms with van der Waals surface area (Å²) < 4.78 is 15.3. The van der Waals surface area contributed by atoms with Gasteiger partial charge in [0.2, 0.25) is 11.8 Å². The second-order valence-electron chi connectivity index (χ2n) is 12.2. The molecule has 5 aliphatic rings. The Balaban J connectivity index is 1.15. The van der Waals surface area contributed by atoms with Crippen LogP contribution in [0.3, 0.4) is 0 Å². The Morgan fingerprint density at radius 3 is 2.41 bits per heavy atom. The molecule has 2 aliphatic carbocycles. The molecule has 4 fully saturated rings. The molecule has 4 amide bonds. The van der Waals surface area contributed by atoms with Crippen LogP contribution in [0, 0.1) is 35.4 Å². The van der Waals surface area contributed by atoms with E-state index in [0.29, 0.717) is 23.3 Å². The van der Waals surface area contributed by atoms with Gasteiger partial charge >= 0.3 is 0 Å². The number of fused-ring (bicyclic) bond motifs is 3. The van der Waals surface area contributed by atoms with Crippen LogP contribution in [0.1, 0.15) is 91.5 Å². The normalized spacial score (nSPS) is 35.8. The second kappa shape index (κ2) is 9.00. The van der Waals surface area contributed by atoms with Crippen molar-refractivity contribution >= 4 is 23.6 Å². The summed E-state index contributed by atoms with van der Waals surface area (Å²) in [5.74, 6) is 0.637. The number of hydrogen-bond acceptors (Lipinski definition) is 5. The predicted molar refractivity (Wildman–Crippen MR) is 134 cm³/mol. The standard InChI is InChI=1S/C29H36FN3O4/c1-4-18-20(23(18)13-32-12-16-9-17(32)7-14(16)2)8-15(3)19-10-21-22(11-24(19)30)29(37)33(28(21)36)25-5-6-26(34)31-27(25)35/h10-11,14-18,20,23,25H,4-9,12-13H2,1-3H3,(H,31,34,35)/t14?,15?,16?,17?,18?,20-,23-,25?/m0/s1. The van der Waals surface area contributed by atoms with Crippen molar-refractivity contribution in [1.82, 2.24) is 15.1 Å². The van der Waals surface area contributed by atoms with Crippen LogP contribution >= 0.6 is 0 Å². The SMILES string of the molecule is CCC1[C@H](CC(C)c2cc3c(cc2F)C(=O)N(C2CCC(=O)NC2=O)C3=O)[C@H]1CN1CC2CC1CC2C. The number of amides is 4. The second-order valence-corrected chi connectivity index (χ2v) is 12.2. The van der Waals surface area contributed by atoms with Crippen LogP contribution < -0.4 is 5.32 Å². The molecular formula is C29H36FN3O4. The van der Waals surface area contributed by atoms with Gasteiger partial charge in [0.05, 0.1) is 11.1 Å². The van der Waals surface area contributed by atoms with Crippen molar-refractivity contribution in [2.24, 2.45) is 29.6 Å². The van der Waals surface area contributed by atoms with Crippen molar-refractivity contribution in [1.29, 1.82) is 0 Å². The van der Waals surface area contributed by atoms with Gasteiger partial charge in [0.15, 0.2) is 0 Å². The van der Waals surface area contributed by atoms with Gasteiger partial charge in [0.1, 0.15) is 11.9 Å². The molecule has 8 heteroatoms. The van der Waals surface area contributed by atoms with Gasteiger partial charge in [-0.2, -0.15) is 0 Å². The number of hydrogen-bond donors (Lipinski definition) is 1. The van der Waals surface area contributed by atoms with E-state index in [1.54, 1.807) is 0 Å². The lowest BCUT2D eigenvalue weighted by molar-refractivity contribution is -0.136. The fraction of sp³-hybridized carbons (Fsp3) is 0.655. The van der Waals surface area contributed by atoms with Crippen LogP contribution in [0.15, 0.2) is 12.1 Å². The zero-order chi connectivity index (χ0) is 26.2. The molecule has 0 spiro atoms. The molecule has 1 aromatic carbocycles. The van der Waals surface area contributed by atoms with Crippen molar-refractivity contribution < 1.29 is 23.6 Å². The number of likely N-dealkylation sites (tertiary alicyclic amines) is 1. The van der Waals surface area contributed by atoms with Crippen LogP contribution in [-0.4, -0.2) is 58.6 Å². The lowest BCUT2D eigenvalue weighted by Gasteiger charge is -2.30. The number of carbonyl (C=O) groups excluding carboxylic acids is 4. The minimum atomic E-state index is -1.05. The van der Waals surface area contributed by atoms with Crippen LogP contribution in [0.5, 0.6) is 0 Å². The van der Waals surface area contributed by atoms with Crippen molar-refractivity contribution in [3.63, 3.8) is 0 Å². The van der Waals surface area contributed by atoms with Gasteiger partial charge in [-0.3, -0.25) is 34.3 Å². The number of benzene rings is 1. The maximum atomic E-state index is 15.3. The molecule has 2 bridgehead atoms. The minimum Gasteiger partial charge on any atom is -0.300 e. The maximum absolute atomic E-state index is 15.3. The third-order valence-corrected chi connectivity index (χ3v) is 10.1. The average Bonchev–Trinajstić information content (AvgIpc) is 3.07. The Morgan fingerprint density at radius 2 is 1.78 bits per heavy atom. The van der Waals surface area contributed by atoms with Gasteiger partial charge in [-0.15, -0.1) is 0 Å². The first-order valence-electron chi connectivity index (χ1n) is 14.0. The summed E-state index contributed by atoms with van der Waals surface area (Å²) in [4.78, 5) is 53.6. The first-order chi connectivity index (χ1) is 17.7. The molecule has 3 heterocycles. The first kappa shape index (κ1) is 24.7. The lowest BCUT2D eigenvalue weighted by Crippen LogP contribution is -2.54. The molecule has 1 aromatic rings. The molecule has 0 radical (unpaired) electrons. The number of carbonyl (C=O) groups is 4. The number of piperidine rings is 2. The average molecular weight is 510 g/mol. The highest BCUT2D eigenvalue weighted by molar-refractivity contribution is 6.23. The van der Waals surface area contributed by atoms with E-state index in [-0.39, 0.29) is 29.9 Å². The molecule has 1 N–H and O–H groups in total. The summed E-state index contributed by atoms with van der Waals surface area (Å²) in [7, 11) is 0. The van der Waals surface area contributed by atoms with Gasteiger partial charge in [-0.1, -0.05) is 27.2 Å². The Hall–Kier alpha value is -2.61. The van der Waals surface area contributed by atoms with Gasteiger partial charge in [-0.25, -0.2) is 4.39 Å². The summed E-state index contributed by atoms with van der Waals surface area (Å²) in [5, 5.41) is 2.19.